The minimum Gasteiger partial charge on any atom is -0.501 e. The van der Waals surface area contributed by atoms with Crippen LogP contribution in [-0.4, -0.2) is 19.9 Å². The average Bonchev–Trinajstić information content (AvgIpc) is 1.50. The first-order valence-electron chi connectivity index (χ1n) is 52.0. The first-order valence-corrected chi connectivity index (χ1v) is 35.5. The molecular weight excluding hydrogens is 1720 g/mol. The smallest absolute Gasteiger partial charge is 0.121 e. The summed E-state index contributed by atoms with van der Waals surface area (Å²) < 4.78 is 278. The van der Waals surface area contributed by atoms with Crippen molar-refractivity contribution in [3.63, 3.8) is 0 Å². The fourth-order valence-corrected chi connectivity index (χ4v) is 12.7. The molecule has 0 bridgehead atoms. The minimum absolute atomic E-state index is 0. The van der Waals surface area contributed by atoms with Gasteiger partial charge in [0.25, 0.3) is 0 Å². The van der Waals surface area contributed by atoms with Crippen LogP contribution in [0.15, 0.2) is 252 Å². The first kappa shape index (κ1) is 49.3. The summed E-state index contributed by atoms with van der Waals surface area (Å²) >= 11 is 0. The third-order valence-electron chi connectivity index (χ3n) is 17.5. The molecule has 6 nitrogen and oxygen atoms in total. The predicted octanol–water partition coefficient (Wildman–Crippen LogP) is 28.2. The molecule has 6 heterocycles. The first-order chi connectivity index (χ1) is 65.8. The molecule has 0 saturated heterocycles. The Morgan fingerprint density at radius 2 is 0.723 bits per heavy atom. The predicted molar refractivity (Wildman–Crippen MR) is 462 cm³/mol. The summed E-state index contributed by atoms with van der Waals surface area (Å²) in [6, 6.07) is 71.5. The zero-order chi connectivity index (χ0) is 106. The number of benzene rings is 10. The molecule has 0 saturated carbocycles. The van der Waals surface area contributed by atoms with E-state index >= 15 is 0 Å². The maximum absolute atomic E-state index is 8.69. The van der Waals surface area contributed by atoms with Crippen molar-refractivity contribution in [3.05, 3.63) is 334 Å². The van der Waals surface area contributed by atoms with Gasteiger partial charge in [-0.25, -0.2) is 0 Å². The summed E-state index contributed by atoms with van der Waals surface area (Å²) in [4.78, 5) is 17.5. The number of aromatic nitrogens is 4. The molecule has 10 aromatic carbocycles. The minimum atomic E-state index is -2.69. The van der Waals surface area contributed by atoms with Crippen molar-refractivity contribution in [2.45, 2.75) is 143 Å². The van der Waals surface area contributed by atoms with Crippen LogP contribution in [0.4, 0.5) is 0 Å². The quantitative estimate of drug-likeness (QED) is 0.120. The van der Waals surface area contributed by atoms with Crippen molar-refractivity contribution >= 4 is 43.9 Å². The van der Waals surface area contributed by atoms with E-state index in [2.05, 4.69) is 44.2 Å². The van der Waals surface area contributed by atoms with Crippen LogP contribution in [-0.2, 0) is 59.3 Å². The molecule has 16 rings (SSSR count). The van der Waals surface area contributed by atoms with Gasteiger partial charge >= 0.3 is 0 Å². The van der Waals surface area contributed by atoms with Gasteiger partial charge in [0.2, 0.25) is 0 Å². The van der Waals surface area contributed by atoms with Gasteiger partial charge < -0.3 is 28.8 Å². The third kappa shape index (κ3) is 19.9. The number of pyridine rings is 4. The van der Waals surface area contributed by atoms with Crippen LogP contribution in [0.2, 0.25) is 0 Å². The normalized spacial score (nSPS) is 17.2. The Morgan fingerprint density at radius 3 is 1.12 bits per heavy atom. The molecule has 570 valence electrons. The topological polar surface area (TPSA) is 77.8 Å². The number of fused-ring (bicyclic) bond motifs is 6. The van der Waals surface area contributed by atoms with Crippen molar-refractivity contribution in [3.8, 4) is 89.5 Å². The molecule has 0 spiro atoms. The van der Waals surface area contributed by atoms with Gasteiger partial charge in [0, 0.05) is 121 Å². The third-order valence-corrected chi connectivity index (χ3v) is 17.5. The van der Waals surface area contributed by atoms with E-state index in [1.165, 1.54) is 110 Å². The van der Waals surface area contributed by atoms with Crippen molar-refractivity contribution < 1.29 is 94.3 Å². The van der Waals surface area contributed by atoms with Crippen LogP contribution in [0, 0.1) is 102 Å². The Labute approximate surface area is 737 Å². The van der Waals surface area contributed by atoms with Gasteiger partial charge in [-0.15, -0.1) is 95.1 Å². The molecule has 112 heavy (non-hydrogen) atoms. The van der Waals surface area contributed by atoms with E-state index in [0.717, 1.165) is 11.1 Å². The summed E-state index contributed by atoms with van der Waals surface area (Å²) in [5.74, 6) is 0. The maximum atomic E-state index is 8.69. The monoisotopic (exact) mass is 1860 g/mol. The summed E-state index contributed by atoms with van der Waals surface area (Å²) in [6.45, 7) is -6.18. The molecule has 8 heteroatoms. The van der Waals surface area contributed by atoms with Crippen molar-refractivity contribution in [1.82, 2.24) is 19.9 Å². The van der Waals surface area contributed by atoms with Gasteiger partial charge in [0.05, 0.1) is 11.2 Å². The molecule has 0 fully saturated rings. The van der Waals surface area contributed by atoms with Crippen LogP contribution < -0.4 is 0 Å². The Bertz CT molecular complexity index is 7100. The van der Waals surface area contributed by atoms with E-state index in [9.17, 15) is 0 Å². The molecular formula is C104H100Ir2N4O2-4. The maximum Gasteiger partial charge on any atom is 0.121 e. The molecule has 2 radical (unpaired) electrons. The Balaban J connectivity index is 0.000000188. The molecule has 0 amide bonds. The van der Waals surface area contributed by atoms with Crippen molar-refractivity contribution in [2.75, 3.05) is 0 Å². The van der Waals surface area contributed by atoms with Gasteiger partial charge in [-0.1, -0.05) is 267 Å². The van der Waals surface area contributed by atoms with Gasteiger partial charge in [-0.3, -0.25) is 0 Å². The van der Waals surface area contributed by atoms with E-state index in [0.29, 0.717) is 94.2 Å². The van der Waals surface area contributed by atoms with E-state index in [4.69, 9.17) is 54.1 Å². The molecule has 0 unspecified atom stereocenters. The number of hydrogen-bond donors (Lipinski definition) is 0. The van der Waals surface area contributed by atoms with Crippen molar-refractivity contribution in [1.29, 1.82) is 0 Å². The molecule has 0 aliphatic carbocycles. The second-order valence-corrected chi connectivity index (χ2v) is 29.6. The zero-order valence-corrected chi connectivity index (χ0v) is 67.7. The van der Waals surface area contributed by atoms with Crippen LogP contribution in [0.25, 0.3) is 133 Å². The van der Waals surface area contributed by atoms with E-state index in [1.54, 1.807) is 114 Å². The zero-order valence-electron chi connectivity index (χ0n) is 95.9. The molecule has 0 atom stereocenters. The number of furan rings is 2. The Kier molecular flexibility index (Phi) is 15.5. The van der Waals surface area contributed by atoms with E-state index in [-0.39, 0.29) is 135 Å². The summed E-state index contributed by atoms with van der Waals surface area (Å²) in [5, 5.41) is 2.70. The van der Waals surface area contributed by atoms with Crippen molar-refractivity contribution in [2.24, 2.45) is 16.2 Å². The Morgan fingerprint density at radius 1 is 0.321 bits per heavy atom. The summed E-state index contributed by atoms with van der Waals surface area (Å²) in [7, 11) is 0. The van der Waals surface area contributed by atoms with Crippen LogP contribution in [0.3, 0.4) is 0 Å². The number of rotatable bonds is 11. The second-order valence-electron chi connectivity index (χ2n) is 29.6. The average molecular weight is 1860 g/mol. The Hall–Kier alpha value is -10.3. The standard InChI is InChI=1S/2C31H30NO.C23H24N.C19H16N.2Ir/c2*1-19-10-12-24-25-8-7-9-26(30(25)33-29(24)14-19)28-16-27(21(3)18-32-28)23-13-11-22(15-20(23)2)17-31(4,5)6;1-17-10-12-20(14-21(17)19-8-6-5-7-9-19)22-13-11-18(16-24-22)15-23(2,3)4;1-14-8-11-19(20-13-14)17-10-9-15(2)18(12-17)16-6-4-3-5-7-16;;/h2*7-8,10-16,18H,17H2,1-6H3;5-11,13-14,16H,15H2,1-4H3;3-9,11-13H,1-2H3;;/q4*-1;;/i2*1D3,2D3,3D3,17D2;1D3,15D2;1D3,2D3;;. The van der Waals surface area contributed by atoms with Gasteiger partial charge in [-0.2, -0.15) is 0 Å². The number of aryl methyl sites for hydroxylation is 9. The molecule has 6 aromatic heterocycles. The summed E-state index contributed by atoms with van der Waals surface area (Å²) in [5.41, 5.74) is 7.10. The van der Waals surface area contributed by atoms with Gasteiger partial charge in [0.15, 0.2) is 0 Å². The SMILES string of the molecule is [2H]C([2H])([2H])c1c[c-]c(-c2ccc(C([2H])([2H])C(C)(C)C)cn2)cc1-c1ccccc1.[2H]C([2H])([2H])c1ccc(-c2[c-]cc(C([2H])([2H])[2H])c(-c3ccccc3)c2)nc1.[2H]C([2H])([2H])c1ccc2c(c1)oc1c(-c3cc(-c4ccc(C([2H])([2H])C(C)(C)C)cc4C([2H])([2H])[2H])c(C([2H])([2H])[2H])cn3)[c-]ccc12.[2H]C([2H])([2H])c1ccc2c(c1)oc1c(-c3cc(-c4ccc(C([2H])([2H])C(C)(C)C)cc4C([2H])([2H])[2H])c(C([2H])([2H])[2H])cn3)[c-]ccc12.[Ir].[Ir]. The number of nitrogens with zero attached hydrogens (tertiary/aromatic N) is 4. The molecule has 0 aliphatic heterocycles. The van der Waals surface area contributed by atoms with Crippen LogP contribution in [0.5, 0.6) is 0 Å². The largest absolute Gasteiger partial charge is 0.501 e. The number of hydrogen-bond acceptors (Lipinski definition) is 6. The fourth-order valence-electron chi connectivity index (χ4n) is 12.7. The fraction of sp³-hybridized carbons (Fsp3) is 0.231. The second kappa shape index (κ2) is 35.2. The molecule has 0 aliphatic rings. The van der Waals surface area contributed by atoms with E-state index in [1.807, 2.05) is 81.4 Å². The van der Waals surface area contributed by atoms with Gasteiger partial charge in [0.1, 0.15) is 11.2 Å². The molecule has 0 N–H and O–H groups in total. The van der Waals surface area contributed by atoms with Crippen LogP contribution >= 0.6 is 0 Å². The van der Waals surface area contributed by atoms with E-state index < -0.39 is 97.0 Å². The molecule has 16 aromatic rings. The summed E-state index contributed by atoms with van der Waals surface area (Å²) in [6.07, 6.45) is -0.0518. The van der Waals surface area contributed by atoms with Crippen LogP contribution in [0.1, 0.15) is 174 Å². The van der Waals surface area contributed by atoms with Gasteiger partial charge in [-0.05, 0) is 207 Å².